The van der Waals surface area contributed by atoms with Gasteiger partial charge in [0.15, 0.2) is 0 Å². The average Bonchev–Trinajstić information content (AvgIpc) is 2.70. The summed E-state index contributed by atoms with van der Waals surface area (Å²) >= 11 is 19.0. The van der Waals surface area contributed by atoms with Crippen LogP contribution in [-0.2, 0) is 22.6 Å². The van der Waals surface area contributed by atoms with Gasteiger partial charge >= 0.3 is 0 Å². The van der Waals surface area contributed by atoms with E-state index in [-0.39, 0.29) is 24.8 Å². The molecule has 0 saturated carbocycles. The molecular weight excluding hydrogens is 443 g/mol. The van der Waals surface area contributed by atoms with E-state index in [1.165, 1.54) is 0 Å². The summed E-state index contributed by atoms with van der Waals surface area (Å²) in [5.41, 5.74) is 1.32. The molecule has 0 aromatic heterocycles. The number of hydrogen-bond donors (Lipinski definition) is 1. The second-order valence-corrected chi connectivity index (χ2v) is 8.77. The SMILES string of the molecule is CCC(C(=O)NCC(C)C)N(Cc1c(Cl)cccc1Cl)C(=O)Cc1ccccc1Cl. The van der Waals surface area contributed by atoms with E-state index in [2.05, 4.69) is 5.32 Å². The molecule has 0 aliphatic heterocycles. The fraction of sp³-hybridized carbons (Fsp3) is 0.391. The van der Waals surface area contributed by atoms with Crippen molar-refractivity contribution in [3.8, 4) is 0 Å². The lowest BCUT2D eigenvalue weighted by molar-refractivity contribution is -0.141. The zero-order valence-corrected chi connectivity index (χ0v) is 19.7. The summed E-state index contributed by atoms with van der Waals surface area (Å²) < 4.78 is 0. The molecule has 30 heavy (non-hydrogen) atoms. The first kappa shape index (κ1) is 24.5. The number of halogens is 3. The van der Waals surface area contributed by atoms with Crippen molar-refractivity contribution in [1.29, 1.82) is 0 Å². The Bertz CT molecular complexity index is 866. The van der Waals surface area contributed by atoms with E-state index >= 15 is 0 Å². The number of rotatable bonds is 9. The lowest BCUT2D eigenvalue weighted by Crippen LogP contribution is -2.50. The Hall–Kier alpha value is -1.75. The number of carbonyl (C=O) groups excluding carboxylic acids is 2. The summed E-state index contributed by atoms with van der Waals surface area (Å²) in [6.45, 7) is 6.59. The van der Waals surface area contributed by atoms with Crippen LogP contribution in [0.25, 0.3) is 0 Å². The molecule has 0 heterocycles. The molecule has 1 atom stereocenters. The number of nitrogens with one attached hydrogen (secondary N) is 1. The fourth-order valence-corrected chi connectivity index (χ4v) is 3.82. The first-order valence-electron chi connectivity index (χ1n) is 9.98. The maximum atomic E-state index is 13.3. The maximum absolute atomic E-state index is 13.3. The molecule has 0 radical (unpaired) electrons. The minimum atomic E-state index is -0.647. The molecule has 0 bridgehead atoms. The predicted octanol–water partition coefficient (Wildman–Crippen LogP) is 5.77. The van der Waals surface area contributed by atoms with Crippen molar-refractivity contribution in [1.82, 2.24) is 10.2 Å². The molecule has 0 aliphatic rings. The van der Waals surface area contributed by atoms with Gasteiger partial charge in [0.05, 0.1) is 6.42 Å². The third-order valence-electron chi connectivity index (χ3n) is 4.76. The highest BCUT2D eigenvalue weighted by Crippen LogP contribution is 2.27. The van der Waals surface area contributed by atoms with E-state index in [0.717, 1.165) is 0 Å². The van der Waals surface area contributed by atoms with Crippen molar-refractivity contribution >= 4 is 46.6 Å². The van der Waals surface area contributed by atoms with Crippen LogP contribution < -0.4 is 5.32 Å². The van der Waals surface area contributed by atoms with Gasteiger partial charge in [-0.2, -0.15) is 0 Å². The Balaban J connectivity index is 2.36. The van der Waals surface area contributed by atoms with E-state index in [1.54, 1.807) is 35.2 Å². The van der Waals surface area contributed by atoms with Gasteiger partial charge in [-0.1, -0.05) is 79.8 Å². The zero-order chi connectivity index (χ0) is 22.3. The Morgan fingerprint density at radius 2 is 1.57 bits per heavy atom. The van der Waals surface area contributed by atoms with Gasteiger partial charge in [0, 0.05) is 33.7 Å². The summed E-state index contributed by atoms with van der Waals surface area (Å²) in [6, 6.07) is 11.7. The zero-order valence-electron chi connectivity index (χ0n) is 17.4. The van der Waals surface area contributed by atoms with Gasteiger partial charge in [-0.15, -0.1) is 0 Å². The topological polar surface area (TPSA) is 49.4 Å². The van der Waals surface area contributed by atoms with Gasteiger partial charge in [0.1, 0.15) is 6.04 Å². The minimum Gasteiger partial charge on any atom is -0.354 e. The molecule has 0 fully saturated rings. The average molecular weight is 470 g/mol. The molecule has 162 valence electrons. The first-order valence-corrected chi connectivity index (χ1v) is 11.1. The van der Waals surface area contributed by atoms with Gasteiger partial charge in [-0.05, 0) is 36.1 Å². The van der Waals surface area contributed by atoms with Crippen LogP contribution in [0.4, 0.5) is 0 Å². The molecule has 2 rings (SSSR count). The quantitative estimate of drug-likeness (QED) is 0.507. The number of benzene rings is 2. The van der Waals surface area contributed by atoms with Crippen LogP contribution in [0.3, 0.4) is 0 Å². The lowest BCUT2D eigenvalue weighted by Gasteiger charge is -2.31. The summed E-state index contributed by atoms with van der Waals surface area (Å²) in [7, 11) is 0. The summed E-state index contributed by atoms with van der Waals surface area (Å²) in [6.07, 6.45) is 0.538. The maximum Gasteiger partial charge on any atom is 0.242 e. The number of hydrogen-bond acceptors (Lipinski definition) is 2. The lowest BCUT2D eigenvalue weighted by atomic mass is 10.1. The van der Waals surface area contributed by atoms with Gasteiger partial charge in [0.2, 0.25) is 11.8 Å². The molecule has 0 spiro atoms. The Morgan fingerprint density at radius 3 is 2.13 bits per heavy atom. The Labute approximate surface area is 193 Å². The van der Waals surface area contributed by atoms with Crippen molar-refractivity contribution in [2.75, 3.05) is 6.54 Å². The molecule has 1 N–H and O–H groups in total. The fourth-order valence-electron chi connectivity index (χ4n) is 3.10. The number of nitrogens with zero attached hydrogens (tertiary/aromatic N) is 1. The normalized spacial score (nSPS) is 12.0. The largest absolute Gasteiger partial charge is 0.354 e. The summed E-state index contributed by atoms with van der Waals surface area (Å²) in [5, 5.41) is 4.36. The third kappa shape index (κ3) is 6.63. The number of amides is 2. The van der Waals surface area contributed by atoms with Crippen LogP contribution in [-0.4, -0.2) is 29.3 Å². The minimum absolute atomic E-state index is 0.0791. The molecule has 1 unspecified atom stereocenters. The molecule has 2 aromatic rings. The first-order chi connectivity index (χ1) is 14.2. The molecule has 0 aliphatic carbocycles. The van der Waals surface area contributed by atoms with Crippen molar-refractivity contribution < 1.29 is 9.59 Å². The highest BCUT2D eigenvalue weighted by Gasteiger charge is 2.30. The van der Waals surface area contributed by atoms with Gasteiger partial charge in [0.25, 0.3) is 0 Å². The van der Waals surface area contributed by atoms with Crippen LogP contribution in [0.1, 0.15) is 38.3 Å². The van der Waals surface area contributed by atoms with Crippen LogP contribution in [0.5, 0.6) is 0 Å². The molecule has 0 saturated heterocycles. The highest BCUT2D eigenvalue weighted by molar-refractivity contribution is 6.36. The Morgan fingerprint density at radius 1 is 0.967 bits per heavy atom. The van der Waals surface area contributed by atoms with E-state index in [4.69, 9.17) is 34.8 Å². The molecule has 2 aromatic carbocycles. The van der Waals surface area contributed by atoms with Crippen molar-refractivity contribution in [2.24, 2.45) is 5.92 Å². The van der Waals surface area contributed by atoms with Crippen LogP contribution >= 0.6 is 34.8 Å². The van der Waals surface area contributed by atoms with Crippen LogP contribution in [0, 0.1) is 5.92 Å². The van der Waals surface area contributed by atoms with E-state index in [9.17, 15) is 9.59 Å². The van der Waals surface area contributed by atoms with Crippen molar-refractivity contribution in [2.45, 2.75) is 46.2 Å². The predicted molar refractivity (Wildman–Crippen MR) is 124 cm³/mol. The number of carbonyl (C=O) groups is 2. The van der Waals surface area contributed by atoms with Crippen LogP contribution in [0.2, 0.25) is 15.1 Å². The Kier molecular flexibility index (Phi) is 9.47. The smallest absolute Gasteiger partial charge is 0.242 e. The van der Waals surface area contributed by atoms with Gasteiger partial charge in [-0.25, -0.2) is 0 Å². The standard InChI is InChI=1S/C23H27Cl3N2O2/c1-4-21(23(30)27-13-15(2)3)28(14-17-19(25)10-7-11-20(17)26)22(29)12-16-8-5-6-9-18(16)24/h5-11,15,21H,4,12-14H2,1-3H3,(H,27,30). The highest BCUT2D eigenvalue weighted by atomic mass is 35.5. The van der Waals surface area contributed by atoms with Gasteiger partial charge < -0.3 is 10.2 Å². The summed E-state index contributed by atoms with van der Waals surface area (Å²) in [4.78, 5) is 27.8. The second-order valence-electron chi connectivity index (χ2n) is 7.55. The summed E-state index contributed by atoms with van der Waals surface area (Å²) in [5.74, 6) is -0.107. The monoisotopic (exact) mass is 468 g/mol. The van der Waals surface area contributed by atoms with E-state index < -0.39 is 6.04 Å². The molecular formula is C23H27Cl3N2O2. The van der Waals surface area contributed by atoms with Crippen LogP contribution in [0.15, 0.2) is 42.5 Å². The molecule has 2 amide bonds. The third-order valence-corrected chi connectivity index (χ3v) is 5.84. The van der Waals surface area contributed by atoms with E-state index in [0.29, 0.717) is 45.1 Å². The van der Waals surface area contributed by atoms with Gasteiger partial charge in [-0.3, -0.25) is 9.59 Å². The van der Waals surface area contributed by atoms with Crippen molar-refractivity contribution in [3.05, 3.63) is 68.7 Å². The van der Waals surface area contributed by atoms with E-state index in [1.807, 2.05) is 32.9 Å². The van der Waals surface area contributed by atoms with Crippen molar-refractivity contribution in [3.63, 3.8) is 0 Å². The molecule has 4 nitrogen and oxygen atoms in total. The molecule has 7 heteroatoms. The second kappa shape index (κ2) is 11.6.